The van der Waals surface area contributed by atoms with Crippen LogP contribution in [-0.2, 0) is 27.1 Å². The lowest BCUT2D eigenvalue weighted by Crippen LogP contribution is -2.24. The molecular formula is C59H59N. The Kier molecular flexibility index (Phi) is 6.80. The number of hydrogen-bond donors (Lipinski definition) is 0. The second kappa shape index (κ2) is 12.7. The summed E-state index contributed by atoms with van der Waals surface area (Å²) in [5, 5.41) is 0. The molecule has 1 nitrogen and oxygen atoms in total. The standard InChI is InChI=1S/C59H59N/c1-55(2,3)38-32-47-46-31-37(24-29-50(46)59(11,12)54(47)53(33-38)56(4,5)6)36-18-17-19-39(30-36)60(40-25-27-44-42-20-13-15-22-48(42)57(7,8)51(44)34-40)41-26-28-45-43-21-14-16-23-49(43)58(9,10)52(45)35-41/h13-35H,1-12H3/i11D3,12D3. The van der Waals surface area contributed by atoms with Gasteiger partial charge in [-0.25, -0.2) is 0 Å². The van der Waals surface area contributed by atoms with E-state index in [1.165, 1.54) is 44.5 Å². The molecule has 3 aliphatic rings. The molecule has 7 aromatic rings. The number of hydrogen-bond acceptors (Lipinski definition) is 1. The van der Waals surface area contributed by atoms with Crippen LogP contribution in [0.5, 0.6) is 0 Å². The van der Waals surface area contributed by atoms with Gasteiger partial charge in [0.05, 0.1) is 0 Å². The molecule has 0 amide bonds. The molecule has 10 rings (SSSR count). The molecule has 0 heterocycles. The van der Waals surface area contributed by atoms with E-state index in [-0.39, 0.29) is 16.2 Å². The summed E-state index contributed by atoms with van der Waals surface area (Å²) in [7, 11) is 0. The van der Waals surface area contributed by atoms with Crippen molar-refractivity contribution in [2.45, 2.75) is 110 Å². The lowest BCUT2D eigenvalue weighted by atomic mass is 9.71. The van der Waals surface area contributed by atoms with E-state index in [4.69, 9.17) is 8.22 Å². The monoisotopic (exact) mass is 788 g/mol. The van der Waals surface area contributed by atoms with Gasteiger partial charge in [0.1, 0.15) is 0 Å². The smallest absolute Gasteiger partial charge is 0.0467 e. The van der Waals surface area contributed by atoms with Crippen molar-refractivity contribution >= 4 is 17.1 Å². The van der Waals surface area contributed by atoms with Gasteiger partial charge in [0.25, 0.3) is 0 Å². The zero-order valence-electron chi connectivity index (χ0n) is 42.7. The van der Waals surface area contributed by atoms with Gasteiger partial charge in [-0.05, 0) is 142 Å². The van der Waals surface area contributed by atoms with Crippen molar-refractivity contribution < 1.29 is 8.22 Å². The summed E-state index contributed by atoms with van der Waals surface area (Å²) >= 11 is 0. The van der Waals surface area contributed by atoms with E-state index in [1.54, 1.807) is 6.07 Å². The van der Waals surface area contributed by atoms with Gasteiger partial charge >= 0.3 is 0 Å². The van der Waals surface area contributed by atoms with Gasteiger partial charge in [0.2, 0.25) is 0 Å². The second-order valence-electron chi connectivity index (χ2n) is 20.6. The Balaban J connectivity index is 1.18. The van der Waals surface area contributed by atoms with Crippen molar-refractivity contribution in [2.24, 2.45) is 0 Å². The fraction of sp³-hybridized carbons (Fsp3) is 0.288. The molecule has 0 atom stereocenters. The lowest BCUT2D eigenvalue weighted by Gasteiger charge is -2.32. The summed E-state index contributed by atoms with van der Waals surface area (Å²) in [6, 6.07) is 49.7. The Morgan fingerprint density at radius 3 is 1.47 bits per heavy atom. The highest BCUT2D eigenvalue weighted by atomic mass is 15.1. The maximum Gasteiger partial charge on any atom is 0.0467 e. The number of anilines is 3. The van der Waals surface area contributed by atoms with Crippen molar-refractivity contribution in [1.82, 2.24) is 0 Å². The third kappa shape index (κ3) is 5.57. The van der Waals surface area contributed by atoms with Gasteiger partial charge < -0.3 is 4.90 Å². The molecule has 0 fully saturated rings. The largest absolute Gasteiger partial charge is 0.310 e. The molecule has 0 saturated heterocycles. The molecule has 1 heteroatoms. The average Bonchev–Trinajstić information content (AvgIpc) is 3.78. The predicted octanol–water partition coefficient (Wildman–Crippen LogP) is 16.3. The maximum atomic E-state index is 9.11. The van der Waals surface area contributed by atoms with Crippen LogP contribution < -0.4 is 4.90 Å². The molecule has 0 unspecified atom stereocenters. The summed E-state index contributed by atoms with van der Waals surface area (Å²) < 4.78 is 54.7. The number of fused-ring (bicyclic) bond motifs is 9. The topological polar surface area (TPSA) is 3.24 Å². The minimum absolute atomic E-state index is 0.198. The highest BCUT2D eigenvalue weighted by Crippen LogP contribution is 2.56. The van der Waals surface area contributed by atoms with E-state index in [1.807, 2.05) is 32.9 Å². The van der Waals surface area contributed by atoms with E-state index >= 15 is 0 Å². The van der Waals surface area contributed by atoms with Gasteiger partial charge in [-0.15, -0.1) is 0 Å². The van der Waals surface area contributed by atoms with Gasteiger partial charge in [0, 0.05) is 41.5 Å². The molecule has 300 valence electrons. The van der Waals surface area contributed by atoms with Crippen LogP contribution >= 0.6 is 0 Å². The maximum absolute atomic E-state index is 9.11. The molecule has 0 aromatic heterocycles. The minimum Gasteiger partial charge on any atom is -0.310 e. The molecule has 0 spiro atoms. The molecule has 0 N–H and O–H groups in total. The number of rotatable bonds is 4. The first-order chi connectivity index (χ1) is 30.8. The van der Waals surface area contributed by atoms with Crippen LogP contribution in [0.1, 0.15) is 136 Å². The molecule has 3 aliphatic carbocycles. The quantitative estimate of drug-likeness (QED) is 0.172. The summed E-state index contributed by atoms with van der Waals surface area (Å²) in [4.78, 5) is 2.37. The zero-order valence-corrected chi connectivity index (χ0v) is 36.7. The predicted molar refractivity (Wildman–Crippen MR) is 257 cm³/mol. The fourth-order valence-corrected chi connectivity index (χ4v) is 10.6. The van der Waals surface area contributed by atoms with Crippen molar-refractivity contribution in [2.75, 3.05) is 4.90 Å². The number of nitrogens with zero attached hydrogens (tertiary/aromatic N) is 1. The van der Waals surface area contributed by atoms with Gasteiger partial charge in [-0.2, -0.15) is 0 Å². The van der Waals surface area contributed by atoms with Crippen LogP contribution in [0.3, 0.4) is 0 Å². The third-order valence-electron chi connectivity index (χ3n) is 14.0. The van der Waals surface area contributed by atoms with Crippen molar-refractivity contribution in [1.29, 1.82) is 0 Å². The van der Waals surface area contributed by atoms with Crippen molar-refractivity contribution in [3.63, 3.8) is 0 Å². The first-order valence-corrected chi connectivity index (χ1v) is 21.5. The van der Waals surface area contributed by atoms with Crippen LogP contribution in [0.15, 0.2) is 140 Å². The van der Waals surface area contributed by atoms with Crippen LogP contribution in [-0.4, -0.2) is 0 Å². The SMILES string of the molecule is [2H]C([2H])([2H])C1(C([2H])([2H])[2H])c2ccc(-c3cccc(N(c4ccc5c(c4)C(C)(C)c4ccccc4-5)c4ccc5c(c4)C(C)(C)c4ccccc4-5)c3)cc2-c2cc(C(C)(C)C)cc(C(C)(C)C)c21. The molecule has 0 saturated carbocycles. The minimum atomic E-state index is -2.87. The number of benzene rings is 7. The van der Waals surface area contributed by atoms with E-state index in [9.17, 15) is 0 Å². The Hall–Kier alpha value is -5.66. The third-order valence-corrected chi connectivity index (χ3v) is 14.0. The zero-order chi connectivity index (χ0) is 47.3. The molecule has 0 aliphatic heterocycles. The van der Waals surface area contributed by atoms with E-state index in [0.717, 1.165) is 39.3 Å². The Morgan fingerprint density at radius 2 is 0.917 bits per heavy atom. The first kappa shape index (κ1) is 32.2. The molecule has 0 radical (unpaired) electrons. The normalized spacial score (nSPS) is 18.0. The van der Waals surface area contributed by atoms with Gasteiger partial charge in [0.15, 0.2) is 0 Å². The summed E-state index contributed by atoms with van der Waals surface area (Å²) in [5.74, 6) is 0. The summed E-state index contributed by atoms with van der Waals surface area (Å²) in [6.45, 7) is 16.1. The Labute approximate surface area is 367 Å². The average molecular weight is 788 g/mol. The Bertz CT molecular complexity index is 3030. The van der Waals surface area contributed by atoms with E-state index in [2.05, 4.69) is 175 Å². The second-order valence-corrected chi connectivity index (χ2v) is 20.6. The van der Waals surface area contributed by atoms with Crippen LogP contribution in [0.2, 0.25) is 0 Å². The highest BCUT2D eigenvalue weighted by molar-refractivity contribution is 5.90. The summed E-state index contributed by atoms with van der Waals surface area (Å²) in [6.07, 6.45) is 0. The Morgan fingerprint density at radius 1 is 0.400 bits per heavy atom. The molecular weight excluding hydrogens is 723 g/mol. The van der Waals surface area contributed by atoms with Gasteiger partial charge in [-0.3, -0.25) is 0 Å². The molecule has 0 bridgehead atoms. The highest BCUT2D eigenvalue weighted by Gasteiger charge is 2.41. The fourth-order valence-electron chi connectivity index (χ4n) is 10.6. The first-order valence-electron chi connectivity index (χ1n) is 24.5. The van der Waals surface area contributed by atoms with Crippen molar-refractivity contribution in [3.05, 3.63) is 184 Å². The van der Waals surface area contributed by atoms with E-state index < -0.39 is 24.5 Å². The van der Waals surface area contributed by atoms with Crippen LogP contribution in [0, 0.1) is 0 Å². The molecule has 60 heavy (non-hydrogen) atoms. The van der Waals surface area contributed by atoms with E-state index in [0.29, 0.717) is 22.3 Å². The molecule has 7 aromatic carbocycles. The van der Waals surface area contributed by atoms with Crippen molar-refractivity contribution in [3.8, 4) is 44.5 Å². The summed E-state index contributed by atoms with van der Waals surface area (Å²) in [5.41, 5.74) is 15.6. The van der Waals surface area contributed by atoms with Crippen LogP contribution in [0.4, 0.5) is 17.1 Å². The lowest BCUT2D eigenvalue weighted by molar-refractivity contribution is 0.545. The van der Waals surface area contributed by atoms with Gasteiger partial charge in [-0.1, -0.05) is 180 Å². The van der Waals surface area contributed by atoms with Crippen LogP contribution in [0.25, 0.3) is 44.5 Å².